The Morgan fingerprint density at radius 1 is 1.24 bits per heavy atom. The molecule has 0 fully saturated rings. The Balaban J connectivity index is 1.88. The lowest BCUT2D eigenvalue weighted by atomic mass is 10.2. The molecule has 2 N–H and O–H groups in total. The molecule has 1 heterocycles. The van der Waals surface area contributed by atoms with E-state index in [0.717, 1.165) is 0 Å². The van der Waals surface area contributed by atoms with Gasteiger partial charge in [0.2, 0.25) is 5.91 Å². The Kier molecular flexibility index (Phi) is 5.09. The van der Waals surface area contributed by atoms with E-state index in [1.807, 2.05) is 0 Å². The average Bonchev–Trinajstić information content (AvgIpc) is 3.04. The number of hydrogen-bond donors (Lipinski definition) is 2. The Bertz CT molecular complexity index is 581. The Morgan fingerprint density at radius 3 is 2.76 bits per heavy atom. The molecule has 0 aliphatic heterocycles. The maximum absolute atomic E-state index is 11.8. The Labute approximate surface area is 123 Å². The van der Waals surface area contributed by atoms with E-state index >= 15 is 0 Å². The van der Waals surface area contributed by atoms with Crippen molar-refractivity contribution in [2.75, 3.05) is 26.1 Å². The molecular formula is C15H18N2O4. The fraction of sp³-hybridized carbons (Fsp3) is 0.267. The molecule has 0 unspecified atom stereocenters. The molecular weight excluding hydrogens is 272 g/mol. The van der Waals surface area contributed by atoms with Crippen LogP contribution in [0, 0.1) is 0 Å². The minimum atomic E-state index is -0.142. The number of ether oxygens (including phenoxy) is 2. The zero-order chi connectivity index (χ0) is 15.1. The van der Waals surface area contributed by atoms with Gasteiger partial charge in [-0.2, -0.15) is 0 Å². The number of anilines is 1. The van der Waals surface area contributed by atoms with E-state index in [1.54, 1.807) is 50.8 Å². The van der Waals surface area contributed by atoms with Gasteiger partial charge in [-0.25, -0.2) is 0 Å². The number of hydrogen-bond acceptors (Lipinski definition) is 5. The van der Waals surface area contributed by atoms with E-state index in [9.17, 15) is 4.79 Å². The summed E-state index contributed by atoms with van der Waals surface area (Å²) in [6.07, 6.45) is 1.57. The van der Waals surface area contributed by atoms with E-state index in [1.165, 1.54) is 0 Å². The number of carbonyl (C=O) groups is 1. The maximum atomic E-state index is 11.8. The van der Waals surface area contributed by atoms with Crippen LogP contribution in [0.2, 0.25) is 0 Å². The van der Waals surface area contributed by atoms with Gasteiger partial charge in [0.05, 0.1) is 39.3 Å². The molecule has 1 aromatic carbocycles. The molecule has 0 saturated carbocycles. The fourth-order valence-corrected chi connectivity index (χ4v) is 1.79. The summed E-state index contributed by atoms with van der Waals surface area (Å²) in [5.41, 5.74) is 0.699. The van der Waals surface area contributed by atoms with Gasteiger partial charge in [-0.1, -0.05) is 0 Å². The van der Waals surface area contributed by atoms with Crippen molar-refractivity contribution in [3.63, 3.8) is 0 Å². The first-order chi connectivity index (χ1) is 10.2. The van der Waals surface area contributed by atoms with Crippen LogP contribution in [0.5, 0.6) is 11.5 Å². The van der Waals surface area contributed by atoms with Crippen LogP contribution in [0.4, 0.5) is 5.69 Å². The highest BCUT2D eigenvalue weighted by molar-refractivity contribution is 5.81. The van der Waals surface area contributed by atoms with Crippen molar-refractivity contribution in [1.82, 2.24) is 5.32 Å². The highest BCUT2D eigenvalue weighted by atomic mass is 16.5. The smallest absolute Gasteiger partial charge is 0.239 e. The van der Waals surface area contributed by atoms with E-state index in [4.69, 9.17) is 13.9 Å². The zero-order valence-corrected chi connectivity index (χ0v) is 12.0. The minimum absolute atomic E-state index is 0.129. The second-order valence-electron chi connectivity index (χ2n) is 4.28. The van der Waals surface area contributed by atoms with Crippen molar-refractivity contribution in [2.24, 2.45) is 0 Å². The SMILES string of the molecule is COc1ccc(OC)c(NCC(=O)NCc2ccco2)c1. The van der Waals surface area contributed by atoms with Gasteiger partial charge in [0, 0.05) is 6.07 Å². The molecule has 0 aliphatic rings. The first-order valence-electron chi connectivity index (χ1n) is 6.48. The molecule has 0 radical (unpaired) electrons. The molecule has 6 nitrogen and oxygen atoms in total. The number of nitrogens with one attached hydrogen (secondary N) is 2. The van der Waals surface area contributed by atoms with Crippen LogP contribution in [-0.2, 0) is 11.3 Å². The number of furan rings is 1. The van der Waals surface area contributed by atoms with Crippen LogP contribution in [0.1, 0.15) is 5.76 Å². The molecule has 2 aromatic rings. The third kappa shape index (κ3) is 4.17. The lowest BCUT2D eigenvalue weighted by molar-refractivity contribution is -0.119. The molecule has 0 saturated heterocycles. The Hall–Kier alpha value is -2.63. The quantitative estimate of drug-likeness (QED) is 0.816. The van der Waals surface area contributed by atoms with Crippen molar-refractivity contribution >= 4 is 11.6 Å². The molecule has 1 amide bonds. The summed E-state index contributed by atoms with van der Waals surface area (Å²) in [7, 11) is 3.16. The van der Waals surface area contributed by atoms with Gasteiger partial charge < -0.3 is 24.5 Å². The molecule has 0 bridgehead atoms. The third-order valence-electron chi connectivity index (χ3n) is 2.89. The van der Waals surface area contributed by atoms with Gasteiger partial charge in [-0.3, -0.25) is 4.79 Å². The molecule has 6 heteroatoms. The van der Waals surface area contributed by atoms with Gasteiger partial charge in [0.15, 0.2) is 0 Å². The van der Waals surface area contributed by atoms with Crippen LogP contribution in [0.15, 0.2) is 41.0 Å². The van der Waals surface area contributed by atoms with E-state index in [2.05, 4.69) is 10.6 Å². The molecule has 1 aromatic heterocycles. The lowest BCUT2D eigenvalue weighted by Gasteiger charge is -2.12. The number of carbonyl (C=O) groups excluding carboxylic acids is 1. The Morgan fingerprint density at radius 2 is 2.10 bits per heavy atom. The second-order valence-corrected chi connectivity index (χ2v) is 4.28. The van der Waals surface area contributed by atoms with Crippen molar-refractivity contribution in [2.45, 2.75) is 6.54 Å². The largest absolute Gasteiger partial charge is 0.497 e. The number of rotatable bonds is 7. The van der Waals surface area contributed by atoms with E-state index in [0.29, 0.717) is 29.5 Å². The van der Waals surface area contributed by atoms with E-state index < -0.39 is 0 Å². The monoisotopic (exact) mass is 290 g/mol. The van der Waals surface area contributed by atoms with Gasteiger partial charge in [-0.15, -0.1) is 0 Å². The van der Waals surface area contributed by atoms with Crippen LogP contribution in [-0.4, -0.2) is 26.7 Å². The summed E-state index contributed by atoms with van der Waals surface area (Å²) in [5.74, 6) is 1.91. The minimum Gasteiger partial charge on any atom is -0.497 e. The first-order valence-corrected chi connectivity index (χ1v) is 6.48. The van der Waals surface area contributed by atoms with Crippen LogP contribution < -0.4 is 20.1 Å². The van der Waals surface area contributed by atoms with Crippen LogP contribution >= 0.6 is 0 Å². The topological polar surface area (TPSA) is 72.7 Å². The van der Waals surface area contributed by atoms with Crippen molar-refractivity contribution in [3.05, 3.63) is 42.4 Å². The van der Waals surface area contributed by atoms with Crippen molar-refractivity contribution < 1.29 is 18.7 Å². The standard InChI is InChI=1S/C15H18N2O4/c1-19-11-5-6-14(20-2)13(8-11)16-10-15(18)17-9-12-4-3-7-21-12/h3-8,16H,9-10H2,1-2H3,(H,17,18). The molecule has 0 spiro atoms. The van der Waals surface area contributed by atoms with Gasteiger partial charge in [0.25, 0.3) is 0 Å². The first kappa shape index (κ1) is 14.8. The summed E-state index contributed by atoms with van der Waals surface area (Å²) < 4.78 is 15.5. The van der Waals surface area contributed by atoms with Gasteiger partial charge in [-0.05, 0) is 24.3 Å². The predicted molar refractivity (Wildman–Crippen MR) is 78.6 cm³/mol. The maximum Gasteiger partial charge on any atom is 0.239 e. The molecule has 21 heavy (non-hydrogen) atoms. The highest BCUT2D eigenvalue weighted by Crippen LogP contribution is 2.28. The normalized spacial score (nSPS) is 10.0. The van der Waals surface area contributed by atoms with Crippen LogP contribution in [0.3, 0.4) is 0 Å². The van der Waals surface area contributed by atoms with Crippen molar-refractivity contribution in [1.29, 1.82) is 0 Å². The fourth-order valence-electron chi connectivity index (χ4n) is 1.79. The number of amides is 1. The average molecular weight is 290 g/mol. The highest BCUT2D eigenvalue weighted by Gasteiger charge is 2.07. The molecule has 112 valence electrons. The second kappa shape index (κ2) is 7.23. The molecule has 0 aliphatic carbocycles. The summed E-state index contributed by atoms with van der Waals surface area (Å²) >= 11 is 0. The summed E-state index contributed by atoms with van der Waals surface area (Å²) in [6.45, 7) is 0.493. The third-order valence-corrected chi connectivity index (χ3v) is 2.89. The van der Waals surface area contributed by atoms with Gasteiger partial charge in [0.1, 0.15) is 17.3 Å². The zero-order valence-electron chi connectivity index (χ0n) is 12.0. The number of benzene rings is 1. The summed E-state index contributed by atoms with van der Waals surface area (Å²) in [4.78, 5) is 11.8. The summed E-state index contributed by atoms with van der Waals surface area (Å²) in [6, 6.07) is 8.93. The molecule has 2 rings (SSSR count). The van der Waals surface area contributed by atoms with Gasteiger partial charge >= 0.3 is 0 Å². The van der Waals surface area contributed by atoms with Crippen molar-refractivity contribution in [3.8, 4) is 11.5 Å². The lowest BCUT2D eigenvalue weighted by Crippen LogP contribution is -2.29. The summed E-state index contributed by atoms with van der Waals surface area (Å²) in [5, 5.41) is 5.78. The van der Waals surface area contributed by atoms with E-state index in [-0.39, 0.29) is 12.5 Å². The predicted octanol–water partition coefficient (Wildman–Crippen LogP) is 2.03. The molecule has 0 atom stereocenters. The van der Waals surface area contributed by atoms with Crippen LogP contribution in [0.25, 0.3) is 0 Å². The number of methoxy groups -OCH3 is 2.